The Morgan fingerprint density at radius 2 is 1.85 bits per heavy atom. The third-order valence-electron chi connectivity index (χ3n) is 3.03. The molecule has 0 saturated carbocycles. The topological polar surface area (TPSA) is 53.1 Å². The fourth-order valence-corrected chi connectivity index (χ4v) is 2.01. The molecule has 0 aliphatic heterocycles. The Bertz CT molecular complexity index is 624. The first-order chi connectivity index (χ1) is 9.32. The van der Waals surface area contributed by atoms with Crippen LogP contribution in [0.4, 0.5) is 0 Å². The molecule has 2 N–H and O–H groups in total. The van der Waals surface area contributed by atoms with Gasteiger partial charge in [-0.25, -0.2) is 0 Å². The fourth-order valence-electron chi connectivity index (χ4n) is 1.86. The lowest BCUT2D eigenvalue weighted by Gasteiger charge is -2.18. The Morgan fingerprint density at radius 1 is 1.25 bits per heavy atom. The minimum atomic E-state index is -0.121. The first-order valence-electron chi connectivity index (χ1n) is 6.37. The molecule has 1 aromatic carbocycles. The predicted octanol–water partition coefficient (Wildman–Crippen LogP) is 2.95. The second-order valence-electron chi connectivity index (χ2n) is 5.60. The maximum atomic E-state index is 5.82. The lowest BCUT2D eigenvalue weighted by Crippen LogP contribution is -2.22. The van der Waals surface area contributed by atoms with E-state index in [-0.39, 0.29) is 5.54 Å². The summed E-state index contributed by atoms with van der Waals surface area (Å²) in [7, 11) is 1.64. The molecule has 1 aromatic heterocycles. The van der Waals surface area contributed by atoms with Crippen molar-refractivity contribution in [3.8, 4) is 17.0 Å². The first-order valence-corrected chi connectivity index (χ1v) is 6.78. The highest BCUT2D eigenvalue weighted by molar-refractivity contribution is 7.80. The molecule has 0 aliphatic rings. The number of hydrogen-bond donors (Lipinski definition) is 1. The number of methoxy groups -OCH3 is 1. The van der Waals surface area contributed by atoms with E-state index in [0.717, 1.165) is 22.6 Å². The Hall–Kier alpha value is -1.88. The molecule has 0 unspecified atom stereocenters. The summed E-state index contributed by atoms with van der Waals surface area (Å²) in [4.78, 5) is 0.353. The van der Waals surface area contributed by atoms with Crippen LogP contribution >= 0.6 is 12.2 Å². The summed E-state index contributed by atoms with van der Waals surface area (Å²) >= 11 is 5.13. The molecule has 5 heteroatoms. The Labute approximate surface area is 124 Å². The monoisotopic (exact) mass is 289 g/mol. The summed E-state index contributed by atoms with van der Waals surface area (Å²) in [5.41, 5.74) is 8.26. The van der Waals surface area contributed by atoms with Crippen molar-refractivity contribution in [2.75, 3.05) is 7.11 Å². The largest absolute Gasteiger partial charge is 0.497 e. The van der Waals surface area contributed by atoms with E-state index < -0.39 is 0 Å². The molecule has 4 nitrogen and oxygen atoms in total. The van der Waals surface area contributed by atoms with Crippen molar-refractivity contribution in [2.45, 2.75) is 26.3 Å². The normalized spacial score (nSPS) is 11.4. The number of ether oxygens (including phenoxy) is 1. The molecule has 0 fully saturated rings. The summed E-state index contributed by atoms with van der Waals surface area (Å²) in [6.45, 7) is 6.25. The van der Waals surface area contributed by atoms with Crippen LogP contribution in [0, 0.1) is 0 Å². The average Bonchev–Trinajstić information content (AvgIpc) is 2.84. The zero-order valence-corrected chi connectivity index (χ0v) is 13.0. The van der Waals surface area contributed by atoms with Crippen LogP contribution in [0.25, 0.3) is 11.3 Å². The second-order valence-corrected chi connectivity index (χ2v) is 6.04. The van der Waals surface area contributed by atoms with Gasteiger partial charge in [-0.1, -0.05) is 12.2 Å². The Balaban J connectivity index is 2.53. The van der Waals surface area contributed by atoms with E-state index >= 15 is 0 Å². The summed E-state index contributed by atoms with van der Waals surface area (Å²) in [5.74, 6) is 0.806. The van der Waals surface area contributed by atoms with Crippen molar-refractivity contribution in [1.82, 2.24) is 9.78 Å². The van der Waals surface area contributed by atoms with Crippen molar-refractivity contribution in [2.24, 2.45) is 5.73 Å². The van der Waals surface area contributed by atoms with E-state index in [9.17, 15) is 0 Å². The van der Waals surface area contributed by atoms with Crippen LogP contribution in [-0.2, 0) is 5.54 Å². The van der Waals surface area contributed by atoms with E-state index in [1.165, 1.54) is 0 Å². The smallest absolute Gasteiger partial charge is 0.118 e. The van der Waals surface area contributed by atoms with Crippen LogP contribution in [0.5, 0.6) is 5.75 Å². The van der Waals surface area contributed by atoms with E-state index in [1.54, 1.807) is 7.11 Å². The molecule has 0 saturated heterocycles. The summed E-state index contributed by atoms with van der Waals surface area (Å²) in [5, 5.41) is 4.64. The number of thiocarbonyl (C=S) groups is 1. The molecule has 0 amide bonds. The summed E-state index contributed by atoms with van der Waals surface area (Å²) < 4.78 is 7.06. The highest BCUT2D eigenvalue weighted by Gasteiger charge is 2.20. The van der Waals surface area contributed by atoms with Crippen LogP contribution in [0.3, 0.4) is 0 Å². The molecule has 0 atom stereocenters. The SMILES string of the molecule is COc1ccc(-c2nn(C(C)(C)C)cc2C(N)=S)cc1. The molecule has 2 aromatic rings. The van der Waals surface area contributed by atoms with Gasteiger partial charge >= 0.3 is 0 Å². The van der Waals surface area contributed by atoms with Gasteiger partial charge in [-0.05, 0) is 45.0 Å². The molecular weight excluding hydrogens is 270 g/mol. The number of nitrogens with zero attached hydrogens (tertiary/aromatic N) is 2. The van der Waals surface area contributed by atoms with Gasteiger partial charge in [0.1, 0.15) is 16.4 Å². The van der Waals surface area contributed by atoms with E-state index in [2.05, 4.69) is 25.9 Å². The predicted molar refractivity (Wildman–Crippen MR) is 85.1 cm³/mol. The van der Waals surface area contributed by atoms with Crippen molar-refractivity contribution in [3.05, 3.63) is 36.0 Å². The zero-order valence-electron chi connectivity index (χ0n) is 12.2. The van der Waals surface area contributed by atoms with Gasteiger partial charge in [0.15, 0.2) is 0 Å². The molecule has 0 spiro atoms. The molecule has 20 heavy (non-hydrogen) atoms. The van der Waals surface area contributed by atoms with Crippen molar-refractivity contribution in [1.29, 1.82) is 0 Å². The maximum absolute atomic E-state index is 5.82. The highest BCUT2D eigenvalue weighted by Crippen LogP contribution is 2.26. The average molecular weight is 289 g/mol. The maximum Gasteiger partial charge on any atom is 0.118 e. The minimum absolute atomic E-state index is 0.121. The van der Waals surface area contributed by atoms with Gasteiger partial charge in [-0.15, -0.1) is 0 Å². The van der Waals surface area contributed by atoms with Crippen LogP contribution in [0.1, 0.15) is 26.3 Å². The fraction of sp³-hybridized carbons (Fsp3) is 0.333. The molecule has 0 aliphatic carbocycles. The van der Waals surface area contributed by atoms with Crippen LogP contribution in [0.15, 0.2) is 30.5 Å². The van der Waals surface area contributed by atoms with Crippen LogP contribution in [-0.4, -0.2) is 21.9 Å². The Kier molecular flexibility index (Phi) is 3.81. The third-order valence-corrected chi connectivity index (χ3v) is 3.25. The molecular formula is C15H19N3OS. The molecule has 1 heterocycles. The first kappa shape index (κ1) is 14.5. The minimum Gasteiger partial charge on any atom is -0.497 e. The number of nitrogens with two attached hydrogens (primary N) is 1. The van der Waals surface area contributed by atoms with Crippen molar-refractivity contribution >= 4 is 17.2 Å². The van der Waals surface area contributed by atoms with Crippen LogP contribution in [0.2, 0.25) is 0 Å². The zero-order chi connectivity index (χ0) is 14.9. The van der Waals surface area contributed by atoms with Crippen molar-refractivity contribution in [3.63, 3.8) is 0 Å². The highest BCUT2D eigenvalue weighted by atomic mass is 32.1. The quantitative estimate of drug-likeness (QED) is 0.883. The molecule has 106 valence electrons. The molecule has 2 rings (SSSR count). The molecule has 0 radical (unpaired) electrons. The standard InChI is InChI=1S/C15H19N3OS/c1-15(2,3)18-9-12(14(16)20)13(17-18)10-5-7-11(19-4)8-6-10/h5-9H,1-4H3,(H2,16,20). The van der Waals surface area contributed by atoms with Crippen LogP contribution < -0.4 is 10.5 Å². The third kappa shape index (κ3) is 2.82. The number of aromatic nitrogens is 2. The van der Waals surface area contributed by atoms with Gasteiger partial charge in [-0.2, -0.15) is 5.10 Å². The van der Waals surface area contributed by atoms with Gasteiger partial charge in [0, 0.05) is 11.8 Å². The summed E-state index contributed by atoms with van der Waals surface area (Å²) in [6.07, 6.45) is 1.90. The number of rotatable bonds is 3. The Morgan fingerprint density at radius 3 is 2.30 bits per heavy atom. The van der Waals surface area contributed by atoms with Gasteiger partial charge in [0.05, 0.1) is 18.2 Å². The van der Waals surface area contributed by atoms with E-state index in [1.807, 2.05) is 35.1 Å². The summed E-state index contributed by atoms with van der Waals surface area (Å²) in [6, 6.07) is 7.70. The van der Waals surface area contributed by atoms with Gasteiger partial charge in [-0.3, -0.25) is 4.68 Å². The molecule has 0 bridgehead atoms. The van der Waals surface area contributed by atoms with E-state index in [0.29, 0.717) is 4.99 Å². The van der Waals surface area contributed by atoms with Crippen molar-refractivity contribution < 1.29 is 4.74 Å². The second kappa shape index (κ2) is 5.25. The van der Waals surface area contributed by atoms with E-state index in [4.69, 9.17) is 22.7 Å². The lowest BCUT2D eigenvalue weighted by molar-refractivity contribution is 0.356. The number of hydrogen-bond acceptors (Lipinski definition) is 3. The lowest BCUT2D eigenvalue weighted by atomic mass is 10.1. The van der Waals surface area contributed by atoms with Gasteiger partial charge < -0.3 is 10.5 Å². The number of benzene rings is 1. The van der Waals surface area contributed by atoms with Gasteiger partial charge in [0.25, 0.3) is 0 Å². The van der Waals surface area contributed by atoms with Gasteiger partial charge in [0.2, 0.25) is 0 Å².